The van der Waals surface area contributed by atoms with E-state index in [0.717, 1.165) is 10.6 Å². The third-order valence-electron chi connectivity index (χ3n) is 7.18. The molecule has 0 saturated carbocycles. The van der Waals surface area contributed by atoms with E-state index < -0.39 is 33.1 Å². The highest BCUT2D eigenvalue weighted by atomic mass is 32.2. The van der Waals surface area contributed by atoms with Crippen LogP contribution < -0.4 is 15.2 Å². The van der Waals surface area contributed by atoms with E-state index in [4.69, 9.17) is 4.42 Å². The second-order valence-corrected chi connectivity index (χ2v) is 11.9. The van der Waals surface area contributed by atoms with Crippen LogP contribution in [0.1, 0.15) is 10.4 Å². The van der Waals surface area contributed by atoms with Crippen molar-refractivity contribution in [2.24, 2.45) is 0 Å². The first-order valence-corrected chi connectivity index (χ1v) is 14.7. The highest BCUT2D eigenvalue weighted by Gasteiger charge is 2.27. The summed E-state index contributed by atoms with van der Waals surface area (Å²) in [5.41, 5.74) is 1.65. The van der Waals surface area contributed by atoms with Gasteiger partial charge in [0.05, 0.1) is 34.5 Å². The van der Waals surface area contributed by atoms with E-state index in [9.17, 15) is 26.8 Å². The fraction of sp³-hybridized carbons (Fsp3) is 0.100. The number of fused-ring (bicyclic) bond motifs is 2. The van der Waals surface area contributed by atoms with Crippen molar-refractivity contribution in [2.45, 2.75) is 0 Å². The molecule has 0 aliphatic rings. The average molecular weight is 604 g/mol. The predicted octanol–water partition coefficient (Wildman–Crippen LogP) is 5.03. The largest absolute Gasteiger partial charge is 0.455 e. The van der Waals surface area contributed by atoms with Crippen LogP contribution in [0.3, 0.4) is 0 Å². The minimum Gasteiger partial charge on any atom is -0.455 e. The fourth-order valence-electron chi connectivity index (χ4n) is 4.94. The molecule has 0 fully saturated rings. The summed E-state index contributed by atoms with van der Waals surface area (Å²) in [6.45, 7) is 0. The molecule has 0 atom stereocenters. The number of aromatic amines is 2. The summed E-state index contributed by atoms with van der Waals surface area (Å²) in [6.07, 6.45) is 1.02. The van der Waals surface area contributed by atoms with Crippen LogP contribution in [0.2, 0.25) is 0 Å². The zero-order valence-electron chi connectivity index (χ0n) is 23.0. The lowest BCUT2D eigenvalue weighted by Crippen LogP contribution is -2.25. The van der Waals surface area contributed by atoms with Gasteiger partial charge in [-0.15, -0.1) is 0 Å². The average Bonchev–Trinajstić information content (AvgIpc) is 3.58. The van der Waals surface area contributed by atoms with Crippen LogP contribution in [0.5, 0.6) is 0 Å². The number of hydrogen-bond donors (Lipinski definition) is 3. The van der Waals surface area contributed by atoms with Gasteiger partial charge >= 0.3 is 0 Å². The lowest BCUT2D eigenvalue weighted by atomic mass is 10.00. The summed E-state index contributed by atoms with van der Waals surface area (Å²) in [5.74, 6) is -1.29. The van der Waals surface area contributed by atoms with Gasteiger partial charge in [0.1, 0.15) is 23.0 Å². The summed E-state index contributed by atoms with van der Waals surface area (Å²) >= 11 is 0. The van der Waals surface area contributed by atoms with E-state index in [-0.39, 0.29) is 44.8 Å². The number of rotatable bonds is 6. The highest BCUT2D eigenvalue weighted by Crippen LogP contribution is 2.41. The van der Waals surface area contributed by atoms with Gasteiger partial charge in [0.15, 0.2) is 0 Å². The molecule has 6 aromatic rings. The Bertz CT molecular complexity index is 2240. The van der Waals surface area contributed by atoms with Crippen LogP contribution in [0.4, 0.5) is 14.5 Å². The number of anilines is 1. The SMILES string of the molecule is CNC(=O)c1c(-c2ccc(F)cc2)oc2cc(N(C)S(C)(=O)=O)c(-c3cc(-c4cc5c(F)cccc5[nH]4)c(=O)[nH]n3)cc12. The standard InChI is InChI=1S/C30H23F2N5O5S/c1-33-30(39)27-20-11-18(24-13-19(29(38)36-35-24)23-12-17-21(32)5-4-6-22(17)34-23)25(37(2)43(3,40)41)14-26(20)42-28(27)15-7-9-16(31)10-8-15/h4-14,34H,1-3H3,(H,33,39)(H,36,38). The van der Waals surface area contributed by atoms with Gasteiger partial charge in [-0.3, -0.25) is 13.9 Å². The first-order chi connectivity index (χ1) is 20.5. The Morgan fingerprint density at radius 2 is 1.74 bits per heavy atom. The van der Waals surface area contributed by atoms with Crippen molar-refractivity contribution in [3.8, 4) is 33.8 Å². The number of nitrogens with zero attached hydrogens (tertiary/aromatic N) is 2. The van der Waals surface area contributed by atoms with Gasteiger partial charge in [0.25, 0.3) is 11.5 Å². The molecule has 218 valence electrons. The molecule has 0 saturated heterocycles. The third-order valence-corrected chi connectivity index (χ3v) is 8.38. The Morgan fingerprint density at radius 3 is 2.42 bits per heavy atom. The Hall–Kier alpha value is -5.30. The molecule has 3 aromatic carbocycles. The number of nitrogens with one attached hydrogen (secondary N) is 3. The molecular weight excluding hydrogens is 580 g/mol. The van der Waals surface area contributed by atoms with Crippen molar-refractivity contribution < 1.29 is 26.4 Å². The van der Waals surface area contributed by atoms with Gasteiger partial charge in [-0.05, 0) is 54.6 Å². The van der Waals surface area contributed by atoms with Crippen molar-refractivity contribution >= 4 is 43.5 Å². The number of benzene rings is 3. The molecule has 10 nitrogen and oxygen atoms in total. The lowest BCUT2D eigenvalue weighted by Gasteiger charge is -2.20. The molecule has 1 amide bonds. The van der Waals surface area contributed by atoms with E-state index in [1.54, 1.807) is 12.1 Å². The number of sulfonamides is 1. The number of aromatic nitrogens is 3. The van der Waals surface area contributed by atoms with Gasteiger partial charge in [-0.25, -0.2) is 22.3 Å². The van der Waals surface area contributed by atoms with E-state index in [2.05, 4.69) is 20.5 Å². The Balaban J connectivity index is 1.63. The molecule has 3 heterocycles. The number of halogens is 2. The number of amides is 1. The molecule has 13 heteroatoms. The molecule has 3 aromatic heterocycles. The van der Waals surface area contributed by atoms with Crippen LogP contribution >= 0.6 is 0 Å². The molecule has 0 aliphatic heterocycles. The van der Waals surface area contributed by atoms with Gasteiger partial charge in [0.2, 0.25) is 10.0 Å². The van der Waals surface area contributed by atoms with Crippen molar-refractivity contribution in [2.75, 3.05) is 24.7 Å². The maximum Gasteiger partial charge on any atom is 0.273 e. The van der Waals surface area contributed by atoms with Crippen LogP contribution in [0.25, 0.3) is 55.7 Å². The summed E-state index contributed by atoms with van der Waals surface area (Å²) in [5, 5.41) is 9.81. The first kappa shape index (κ1) is 27.8. The molecule has 0 spiro atoms. The smallest absolute Gasteiger partial charge is 0.273 e. The second-order valence-electron chi connectivity index (χ2n) is 9.87. The zero-order chi connectivity index (χ0) is 30.6. The molecule has 6 rings (SSSR count). The molecule has 0 bridgehead atoms. The number of furan rings is 1. The van der Waals surface area contributed by atoms with E-state index in [1.165, 1.54) is 68.7 Å². The normalized spacial score (nSPS) is 11.7. The monoisotopic (exact) mass is 603 g/mol. The summed E-state index contributed by atoms with van der Waals surface area (Å²) in [7, 11) is -1.02. The van der Waals surface area contributed by atoms with Crippen molar-refractivity contribution in [1.29, 1.82) is 0 Å². The molecule has 43 heavy (non-hydrogen) atoms. The summed E-state index contributed by atoms with van der Waals surface area (Å²) < 4.78 is 60.5. The number of hydrogen-bond acceptors (Lipinski definition) is 6. The van der Waals surface area contributed by atoms with Gasteiger partial charge < -0.3 is 14.7 Å². The van der Waals surface area contributed by atoms with Crippen molar-refractivity contribution in [1.82, 2.24) is 20.5 Å². The molecular formula is C30H23F2N5O5S. The second kappa shape index (κ2) is 10.2. The van der Waals surface area contributed by atoms with E-state index in [1.807, 2.05) is 0 Å². The molecule has 0 radical (unpaired) electrons. The fourth-order valence-corrected chi connectivity index (χ4v) is 5.45. The lowest BCUT2D eigenvalue weighted by molar-refractivity contribution is 0.0964. The maximum atomic E-state index is 14.4. The van der Waals surface area contributed by atoms with Crippen LogP contribution in [0.15, 0.2) is 75.9 Å². The van der Waals surface area contributed by atoms with Crippen LogP contribution in [-0.4, -0.2) is 49.9 Å². The summed E-state index contributed by atoms with van der Waals surface area (Å²) in [4.78, 5) is 29.0. The topological polar surface area (TPSA) is 141 Å². The minimum atomic E-state index is -3.81. The van der Waals surface area contributed by atoms with E-state index >= 15 is 0 Å². The third kappa shape index (κ3) is 4.83. The van der Waals surface area contributed by atoms with Crippen molar-refractivity contribution in [3.05, 3.63) is 94.3 Å². The minimum absolute atomic E-state index is 0.124. The molecule has 3 N–H and O–H groups in total. The van der Waals surface area contributed by atoms with Crippen LogP contribution in [0, 0.1) is 11.6 Å². The first-order valence-electron chi connectivity index (χ1n) is 12.9. The van der Waals surface area contributed by atoms with Gasteiger partial charge in [-0.1, -0.05) is 6.07 Å². The van der Waals surface area contributed by atoms with E-state index in [0.29, 0.717) is 22.2 Å². The Labute approximate surface area is 243 Å². The van der Waals surface area contributed by atoms with Crippen molar-refractivity contribution in [3.63, 3.8) is 0 Å². The maximum absolute atomic E-state index is 14.4. The Kier molecular flexibility index (Phi) is 6.61. The van der Waals surface area contributed by atoms with Crippen LogP contribution in [-0.2, 0) is 10.0 Å². The number of carbonyl (C=O) groups excluding carboxylic acids is 1. The predicted molar refractivity (Wildman–Crippen MR) is 159 cm³/mol. The molecule has 0 unspecified atom stereocenters. The van der Waals surface area contributed by atoms with Gasteiger partial charge in [-0.2, -0.15) is 5.10 Å². The quantitative estimate of drug-likeness (QED) is 0.244. The highest BCUT2D eigenvalue weighted by molar-refractivity contribution is 7.92. The number of carbonyl (C=O) groups is 1. The molecule has 0 aliphatic carbocycles. The number of H-pyrrole nitrogens is 2. The Morgan fingerprint density at radius 1 is 1.00 bits per heavy atom. The van der Waals surface area contributed by atoms with Gasteiger partial charge in [0, 0.05) is 47.6 Å². The summed E-state index contributed by atoms with van der Waals surface area (Å²) in [6, 6.07) is 15.8. The zero-order valence-corrected chi connectivity index (χ0v) is 23.8.